The second-order valence-electron chi connectivity index (χ2n) is 7.00. The van der Waals surface area contributed by atoms with Crippen LogP contribution < -0.4 is 10.1 Å². The molecular weight excluding hydrogens is 867 g/mol. The molecule has 0 fully saturated rings. The molecule has 2 aromatic carbocycles. The molecule has 0 bridgehead atoms. The standard InChI is InChI=1S/C19H13F2I3N2O10S/c1-7(19(20,21)37(32,33)34)35-17(28)10-5-9(3-4-13(10)26(30)31)36-18(29)14-11(22)6-12(23)16(15(14)24)25-8(2)27/h3-7H,1-2H3,(H,25,27)(H,32,33,34). The maximum absolute atomic E-state index is 13.8. The smallest absolute Gasteiger partial charge is 0.405 e. The molecular formula is C19H13F2I3N2O10S. The summed E-state index contributed by atoms with van der Waals surface area (Å²) in [5.74, 6) is -3.53. The lowest BCUT2D eigenvalue weighted by atomic mass is 10.1. The Kier molecular flexibility index (Phi) is 10.1. The number of carbonyl (C=O) groups is 3. The first-order valence-electron chi connectivity index (χ1n) is 9.40. The van der Waals surface area contributed by atoms with Crippen molar-refractivity contribution in [3.63, 3.8) is 0 Å². The number of carbonyl (C=O) groups excluding carboxylic acids is 3. The molecule has 1 amide bonds. The highest BCUT2D eigenvalue weighted by Gasteiger charge is 2.52. The van der Waals surface area contributed by atoms with Gasteiger partial charge in [-0.05, 0) is 86.8 Å². The van der Waals surface area contributed by atoms with Gasteiger partial charge in [-0.1, -0.05) is 0 Å². The molecule has 2 rings (SSSR count). The molecule has 0 aliphatic carbocycles. The highest BCUT2D eigenvalue weighted by molar-refractivity contribution is 14.1. The SMILES string of the molecule is CC(=O)Nc1c(I)cc(I)c(C(=O)Oc2ccc([N+](=O)[O-])c(C(=O)OC(C)C(F)(F)S(=O)(=O)O)c2)c1I. The molecule has 1 unspecified atom stereocenters. The van der Waals surface area contributed by atoms with Crippen LogP contribution in [0.25, 0.3) is 0 Å². The van der Waals surface area contributed by atoms with Crippen molar-refractivity contribution in [1.82, 2.24) is 0 Å². The van der Waals surface area contributed by atoms with Gasteiger partial charge in [0.05, 0.1) is 19.7 Å². The van der Waals surface area contributed by atoms with Gasteiger partial charge in [0, 0.05) is 26.2 Å². The van der Waals surface area contributed by atoms with Crippen LogP contribution in [0.3, 0.4) is 0 Å². The molecule has 0 radical (unpaired) electrons. The van der Waals surface area contributed by atoms with Crippen LogP contribution in [-0.2, 0) is 19.6 Å². The van der Waals surface area contributed by atoms with Crippen molar-refractivity contribution in [1.29, 1.82) is 0 Å². The van der Waals surface area contributed by atoms with Crippen LogP contribution in [-0.4, -0.2) is 47.1 Å². The van der Waals surface area contributed by atoms with E-state index in [4.69, 9.17) is 9.29 Å². The first-order valence-corrected chi connectivity index (χ1v) is 14.1. The Balaban J connectivity index is 2.46. The number of amides is 1. The number of hydrogen-bond donors (Lipinski definition) is 2. The van der Waals surface area contributed by atoms with Crippen LogP contribution in [0, 0.1) is 20.8 Å². The van der Waals surface area contributed by atoms with Crippen molar-refractivity contribution >= 4 is 107 Å². The highest BCUT2D eigenvalue weighted by Crippen LogP contribution is 2.34. The first-order chi connectivity index (χ1) is 16.9. The van der Waals surface area contributed by atoms with Crippen LogP contribution in [0.4, 0.5) is 20.2 Å². The van der Waals surface area contributed by atoms with Gasteiger partial charge in [-0.2, -0.15) is 17.2 Å². The van der Waals surface area contributed by atoms with E-state index in [2.05, 4.69) is 10.1 Å². The van der Waals surface area contributed by atoms with Crippen molar-refractivity contribution in [2.75, 3.05) is 5.32 Å². The van der Waals surface area contributed by atoms with Crippen molar-refractivity contribution in [2.24, 2.45) is 0 Å². The summed E-state index contributed by atoms with van der Waals surface area (Å²) in [4.78, 5) is 47.2. The molecule has 200 valence electrons. The molecule has 2 N–H and O–H groups in total. The average molecular weight is 880 g/mol. The number of nitro groups is 1. The third-order valence-electron chi connectivity index (χ3n) is 4.37. The van der Waals surface area contributed by atoms with Gasteiger partial charge in [-0.15, -0.1) is 0 Å². The minimum absolute atomic E-state index is 0.0225. The van der Waals surface area contributed by atoms with Gasteiger partial charge in [0.15, 0.2) is 6.10 Å². The largest absolute Gasteiger partial charge is 0.451 e. The number of ether oxygens (including phenoxy) is 2. The second kappa shape index (κ2) is 11.9. The number of rotatable bonds is 8. The van der Waals surface area contributed by atoms with Crippen molar-refractivity contribution in [3.05, 3.63) is 56.2 Å². The van der Waals surface area contributed by atoms with E-state index in [0.717, 1.165) is 12.1 Å². The van der Waals surface area contributed by atoms with Gasteiger partial charge in [0.1, 0.15) is 11.3 Å². The van der Waals surface area contributed by atoms with Crippen molar-refractivity contribution in [2.45, 2.75) is 25.2 Å². The van der Waals surface area contributed by atoms with Crippen LogP contribution in [0.2, 0.25) is 0 Å². The monoisotopic (exact) mass is 880 g/mol. The van der Waals surface area contributed by atoms with E-state index in [1.165, 1.54) is 6.92 Å². The summed E-state index contributed by atoms with van der Waals surface area (Å²) >= 11 is 5.61. The van der Waals surface area contributed by atoms with Crippen LogP contribution >= 0.6 is 67.8 Å². The molecule has 0 saturated heterocycles. The zero-order valence-electron chi connectivity index (χ0n) is 18.3. The summed E-state index contributed by atoms with van der Waals surface area (Å²) in [5.41, 5.74) is -1.49. The van der Waals surface area contributed by atoms with E-state index >= 15 is 0 Å². The summed E-state index contributed by atoms with van der Waals surface area (Å²) in [6.07, 6.45) is -2.73. The minimum Gasteiger partial charge on any atom is -0.451 e. The lowest BCUT2D eigenvalue weighted by Crippen LogP contribution is -2.42. The number of nitrogens with one attached hydrogen (secondary N) is 1. The van der Waals surface area contributed by atoms with Gasteiger partial charge in [-0.3, -0.25) is 19.5 Å². The third-order valence-corrected chi connectivity index (χ3v) is 8.17. The lowest BCUT2D eigenvalue weighted by Gasteiger charge is -2.20. The summed E-state index contributed by atoms with van der Waals surface area (Å²) in [6.45, 7) is 1.72. The number of nitro benzene ring substituents is 1. The van der Waals surface area contributed by atoms with Gasteiger partial charge in [0.2, 0.25) is 5.91 Å². The fourth-order valence-electron chi connectivity index (χ4n) is 2.63. The van der Waals surface area contributed by atoms with Crippen LogP contribution in [0.15, 0.2) is 24.3 Å². The van der Waals surface area contributed by atoms with Crippen LogP contribution in [0.5, 0.6) is 5.75 Å². The Hall–Kier alpha value is -1.79. The summed E-state index contributed by atoms with van der Waals surface area (Å²) in [6, 6.07) is 3.97. The molecule has 37 heavy (non-hydrogen) atoms. The molecule has 1 atom stereocenters. The van der Waals surface area contributed by atoms with E-state index < -0.39 is 61.2 Å². The van der Waals surface area contributed by atoms with Gasteiger partial charge in [0.25, 0.3) is 5.69 Å². The van der Waals surface area contributed by atoms with Crippen molar-refractivity contribution in [3.8, 4) is 5.75 Å². The topological polar surface area (TPSA) is 179 Å². The minimum atomic E-state index is -5.98. The quantitative estimate of drug-likeness (QED) is 0.0951. The maximum atomic E-state index is 13.8. The molecule has 0 aliphatic heterocycles. The molecule has 2 aromatic rings. The molecule has 0 aliphatic rings. The summed E-state index contributed by atoms with van der Waals surface area (Å²) in [7, 11) is -5.98. The number of esters is 2. The molecule has 12 nitrogen and oxygen atoms in total. The van der Waals surface area contributed by atoms with E-state index in [1.54, 1.807) is 6.07 Å². The van der Waals surface area contributed by atoms with E-state index in [9.17, 15) is 41.7 Å². The van der Waals surface area contributed by atoms with E-state index in [-0.39, 0.29) is 5.56 Å². The fraction of sp³-hybridized carbons (Fsp3) is 0.211. The predicted molar refractivity (Wildman–Crippen MR) is 148 cm³/mol. The maximum Gasteiger partial charge on any atom is 0.405 e. The number of anilines is 1. The number of benzene rings is 2. The number of nitrogens with zero attached hydrogens (tertiary/aromatic N) is 1. The Morgan fingerprint density at radius 1 is 1.14 bits per heavy atom. The Labute approximate surface area is 248 Å². The Morgan fingerprint density at radius 2 is 1.73 bits per heavy atom. The Morgan fingerprint density at radius 3 is 2.24 bits per heavy atom. The molecule has 0 saturated carbocycles. The molecule has 0 aromatic heterocycles. The molecule has 0 heterocycles. The number of alkyl halides is 2. The third kappa shape index (κ3) is 7.20. The van der Waals surface area contributed by atoms with Gasteiger partial charge in [-0.25, -0.2) is 9.59 Å². The van der Waals surface area contributed by atoms with Gasteiger partial charge < -0.3 is 14.8 Å². The van der Waals surface area contributed by atoms with Gasteiger partial charge >= 0.3 is 27.3 Å². The van der Waals surface area contributed by atoms with E-state index in [1.807, 2.05) is 67.8 Å². The summed E-state index contributed by atoms with van der Waals surface area (Å²) < 4.78 is 68.9. The molecule has 0 spiro atoms. The zero-order chi connectivity index (χ0) is 28.5. The highest BCUT2D eigenvalue weighted by atomic mass is 127. The lowest BCUT2D eigenvalue weighted by molar-refractivity contribution is -0.385. The molecule has 18 heteroatoms. The normalized spacial score (nSPS) is 12.4. The Bertz CT molecular complexity index is 1420. The predicted octanol–water partition coefficient (Wildman–Crippen LogP) is 4.61. The van der Waals surface area contributed by atoms with Crippen molar-refractivity contribution < 1.29 is 50.5 Å². The summed E-state index contributed by atoms with van der Waals surface area (Å²) in [5, 5.41) is 9.02. The number of halogens is 5. The number of hydrogen-bond acceptors (Lipinski definition) is 9. The second-order valence-corrected chi connectivity index (χ2v) is 11.9. The average Bonchev–Trinajstić information content (AvgIpc) is 2.75. The zero-order valence-corrected chi connectivity index (χ0v) is 25.5. The fourth-order valence-corrected chi connectivity index (χ4v) is 7.18. The van der Waals surface area contributed by atoms with Crippen LogP contribution in [0.1, 0.15) is 34.6 Å². The van der Waals surface area contributed by atoms with E-state index in [0.29, 0.717) is 29.4 Å². The first kappa shape index (κ1) is 31.4.